The van der Waals surface area contributed by atoms with Crippen LogP contribution < -0.4 is 9.80 Å². The molecule has 2 heteroatoms. The summed E-state index contributed by atoms with van der Waals surface area (Å²) in [5, 5.41) is 0. The molecule has 218 valence electrons. The van der Waals surface area contributed by atoms with E-state index in [9.17, 15) is 0 Å². The van der Waals surface area contributed by atoms with E-state index in [1.165, 1.54) is 56.2 Å². The van der Waals surface area contributed by atoms with Crippen LogP contribution in [0.5, 0.6) is 0 Å². The first-order valence-electron chi connectivity index (χ1n) is 16.2. The summed E-state index contributed by atoms with van der Waals surface area (Å²) in [7, 11) is 0. The van der Waals surface area contributed by atoms with Crippen molar-refractivity contribution in [1.82, 2.24) is 0 Å². The standard InChI is InChI=1S/C42H40N2/c1-41(2)34-22-14-15-23-38(34)44-39-25-24-33(43(31-18-10-6-11-19-31)32-20-12-7-13-21-32)28-35(39)42(3,4)37-27-30(26-36(41)40(37)44)29-16-8-5-9-17-29/h6-8,10-14,16-22,24-28H,5,9,15,23H2,1-4H3. The van der Waals surface area contributed by atoms with Gasteiger partial charge in [-0.2, -0.15) is 0 Å². The van der Waals surface area contributed by atoms with Gasteiger partial charge < -0.3 is 9.80 Å². The van der Waals surface area contributed by atoms with Crippen LogP contribution in [-0.2, 0) is 10.8 Å². The van der Waals surface area contributed by atoms with Crippen molar-refractivity contribution >= 4 is 34.0 Å². The molecular weight excluding hydrogens is 532 g/mol. The van der Waals surface area contributed by atoms with Crippen LogP contribution in [0.15, 0.2) is 133 Å². The molecule has 44 heavy (non-hydrogen) atoms. The third kappa shape index (κ3) is 4.00. The molecule has 0 fully saturated rings. The fourth-order valence-electron chi connectivity index (χ4n) is 7.93. The van der Waals surface area contributed by atoms with Crippen LogP contribution in [0.4, 0.5) is 28.4 Å². The number of allylic oxidation sites excluding steroid dienone is 8. The van der Waals surface area contributed by atoms with E-state index in [1.54, 1.807) is 0 Å². The molecule has 0 saturated carbocycles. The highest BCUT2D eigenvalue weighted by Gasteiger charge is 2.46. The van der Waals surface area contributed by atoms with Gasteiger partial charge in [-0.25, -0.2) is 0 Å². The molecular formula is C42H40N2. The average Bonchev–Trinajstić information content (AvgIpc) is 3.06. The van der Waals surface area contributed by atoms with Gasteiger partial charge in [0.25, 0.3) is 0 Å². The number of nitrogens with zero attached hydrogens (tertiary/aromatic N) is 2. The van der Waals surface area contributed by atoms with Gasteiger partial charge in [0.2, 0.25) is 0 Å². The van der Waals surface area contributed by atoms with Gasteiger partial charge in [-0.15, -0.1) is 0 Å². The van der Waals surface area contributed by atoms with Crippen LogP contribution in [0.25, 0.3) is 5.57 Å². The maximum absolute atomic E-state index is 2.64. The molecule has 0 spiro atoms. The second-order valence-corrected chi connectivity index (χ2v) is 13.7. The summed E-state index contributed by atoms with van der Waals surface area (Å²) >= 11 is 0. The van der Waals surface area contributed by atoms with Gasteiger partial charge in [-0.05, 0) is 114 Å². The predicted molar refractivity (Wildman–Crippen MR) is 187 cm³/mol. The van der Waals surface area contributed by atoms with Crippen molar-refractivity contribution in [3.05, 3.63) is 155 Å². The first kappa shape index (κ1) is 27.0. The topological polar surface area (TPSA) is 6.48 Å². The maximum Gasteiger partial charge on any atom is 0.0540 e. The summed E-state index contributed by atoms with van der Waals surface area (Å²) in [6.07, 6.45) is 16.2. The fourth-order valence-corrected chi connectivity index (χ4v) is 7.93. The van der Waals surface area contributed by atoms with Crippen LogP contribution in [0.3, 0.4) is 0 Å². The van der Waals surface area contributed by atoms with E-state index in [4.69, 9.17) is 0 Å². The van der Waals surface area contributed by atoms with E-state index >= 15 is 0 Å². The van der Waals surface area contributed by atoms with Crippen molar-refractivity contribution in [2.24, 2.45) is 0 Å². The van der Waals surface area contributed by atoms with Gasteiger partial charge in [0, 0.05) is 33.6 Å². The van der Waals surface area contributed by atoms with Gasteiger partial charge in [-0.3, -0.25) is 0 Å². The van der Waals surface area contributed by atoms with Gasteiger partial charge in [0.15, 0.2) is 0 Å². The lowest BCUT2D eigenvalue weighted by atomic mass is 9.64. The Labute approximate surface area is 262 Å². The number of hydrogen-bond donors (Lipinski definition) is 0. The molecule has 2 aliphatic carbocycles. The first-order valence-corrected chi connectivity index (χ1v) is 16.2. The molecule has 4 aliphatic rings. The molecule has 0 amide bonds. The molecule has 8 rings (SSSR count). The van der Waals surface area contributed by atoms with Gasteiger partial charge in [-0.1, -0.05) is 94.5 Å². The lowest BCUT2D eigenvalue weighted by Gasteiger charge is -2.51. The van der Waals surface area contributed by atoms with E-state index in [0.29, 0.717) is 0 Å². The summed E-state index contributed by atoms with van der Waals surface area (Å²) in [6.45, 7) is 9.74. The monoisotopic (exact) mass is 572 g/mol. The van der Waals surface area contributed by atoms with Gasteiger partial charge in [0.05, 0.1) is 11.4 Å². The highest BCUT2D eigenvalue weighted by atomic mass is 15.2. The summed E-state index contributed by atoms with van der Waals surface area (Å²) in [4.78, 5) is 5.03. The Bertz CT molecular complexity index is 1860. The number of fused-ring (bicyclic) bond motifs is 3. The molecule has 2 nitrogen and oxygen atoms in total. The number of hydrogen-bond acceptors (Lipinski definition) is 2. The minimum Gasteiger partial charge on any atom is -0.313 e. The van der Waals surface area contributed by atoms with Crippen molar-refractivity contribution in [1.29, 1.82) is 0 Å². The van der Waals surface area contributed by atoms with Gasteiger partial charge in [0.1, 0.15) is 0 Å². The third-order valence-corrected chi connectivity index (χ3v) is 10.3. The van der Waals surface area contributed by atoms with E-state index in [2.05, 4.69) is 159 Å². The molecule has 0 bridgehead atoms. The summed E-state index contributed by atoms with van der Waals surface area (Å²) in [6, 6.07) is 33.7. The van der Waals surface area contributed by atoms with Crippen molar-refractivity contribution < 1.29 is 0 Å². The molecule has 2 heterocycles. The zero-order chi connectivity index (χ0) is 30.1. The fraction of sp³-hybridized carbons (Fsp3) is 0.238. The van der Waals surface area contributed by atoms with E-state index in [0.717, 1.165) is 37.1 Å². The van der Waals surface area contributed by atoms with Crippen molar-refractivity contribution in [2.75, 3.05) is 9.80 Å². The summed E-state index contributed by atoms with van der Waals surface area (Å²) in [5.41, 5.74) is 15.8. The maximum atomic E-state index is 2.64. The van der Waals surface area contributed by atoms with Crippen LogP contribution in [-0.4, -0.2) is 0 Å². The van der Waals surface area contributed by atoms with E-state index in [1.807, 2.05) is 0 Å². The normalized spacial score (nSPS) is 18.7. The minimum atomic E-state index is -0.196. The predicted octanol–water partition coefficient (Wildman–Crippen LogP) is 11.6. The molecule has 4 aromatic rings. The SMILES string of the molecule is CC1(C)C2=C(CCC=C2)N2c3ccc(N(c4ccccc4)c4ccccc4)cc3C(C)(C)c3cc(C4=CCCC=C4)cc1c32. The Morgan fingerprint density at radius 2 is 1.27 bits per heavy atom. The lowest BCUT2D eigenvalue weighted by molar-refractivity contribution is 0.575. The van der Waals surface area contributed by atoms with Crippen LogP contribution in [0, 0.1) is 0 Å². The van der Waals surface area contributed by atoms with Crippen molar-refractivity contribution in [3.8, 4) is 0 Å². The number of anilines is 5. The van der Waals surface area contributed by atoms with Crippen molar-refractivity contribution in [3.63, 3.8) is 0 Å². The Kier molecular flexibility index (Phi) is 6.14. The zero-order valence-corrected chi connectivity index (χ0v) is 26.3. The zero-order valence-electron chi connectivity index (χ0n) is 26.3. The molecule has 0 N–H and O–H groups in total. The quantitative estimate of drug-likeness (QED) is 0.240. The first-order chi connectivity index (χ1) is 21.4. The Morgan fingerprint density at radius 1 is 0.614 bits per heavy atom. The Hall–Kier alpha value is -4.56. The molecule has 4 aromatic carbocycles. The number of para-hydroxylation sites is 2. The third-order valence-electron chi connectivity index (χ3n) is 10.3. The molecule has 0 saturated heterocycles. The molecule has 0 aromatic heterocycles. The lowest BCUT2D eigenvalue weighted by Crippen LogP contribution is -2.41. The smallest absolute Gasteiger partial charge is 0.0540 e. The highest BCUT2D eigenvalue weighted by Crippen LogP contribution is 2.60. The molecule has 2 aliphatic heterocycles. The Morgan fingerprint density at radius 3 is 1.93 bits per heavy atom. The highest BCUT2D eigenvalue weighted by molar-refractivity contribution is 5.91. The van der Waals surface area contributed by atoms with E-state index < -0.39 is 0 Å². The largest absolute Gasteiger partial charge is 0.313 e. The van der Waals surface area contributed by atoms with Crippen molar-refractivity contribution in [2.45, 2.75) is 64.2 Å². The molecule has 0 radical (unpaired) electrons. The van der Waals surface area contributed by atoms with Gasteiger partial charge >= 0.3 is 0 Å². The van der Waals surface area contributed by atoms with Crippen LogP contribution in [0.2, 0.25) is 0 Å². The second kappa shape index (κ2) is 9.99. The summed E-state index contributed by atoms with van der Waals surface area (Å²) < 4.78 is 0. The molecule has 0 unspecified atom stereocenters. The Balaban J connectivity index is 1.39. The second-order valence-electron chi connectivity index (χ2n) is 13.7. The average molecular weight is 573 g/mol. The number of rotatable bonds is 4. The summed E-state index contributed by atoms with van der Waals surface area (Å²) in [5.74, 6) is 0. The van der Waals surface area contributed by atoms with Crippen LogP contribution in [0.1, 0.15) is 75.6 Å². The molecule has 0 atom stereocenters. The van der Waals surface area contributed by atoms with Crippen LogP contribution >= 0.6 is 0 Å². The van der Waals surface area contributed by atoms with E-state index in [-0.39, 0.29) is 10.8 Å². The minimum absolute atomic E-state index is 0.0767. The number of benzene rings is 4.